The van der Waals surface area contributed by atoms with Gasteiger partial charge in [0, 0.05) is 5.56 Å². The molecule has 2 nitrogen and oxygen atoms in total. The monoisotopic (exact) mass is 278 g/mol. The summed E-state index contributed by atoms with van der Waals surface area (Å²) in [5.74, 6) is 7.89. The molecule has 0 bridgehead atoms. The summed E-state index contributed by atoms with van der Waals surface area (Å²) in [7, 11) is 3.32. The molecular weight excluding hydrogens is 260 g/mol. The van der Waals surface area contributed by atoms with Gasteiger partial charge >= 0.3 is 0 Å². The summed E-state index contributed by atoms with van der Waals surface area (Å²) in [5.41, 5.74) is 3.23. The van der Waals surface area contributed by atoms with Gasteiger partial charge in [0.25, 0.3) is 0 Å². The third-order valence-electron chi connectivity index (χ3n) is 3.14. The van der Waals surface area contributed by atoms with Gasteiger partial charge in [0.2, 0.25) is 0 Å². The van der Waals surface area contributed by atoms with E-state index in [0.29, 0.717) is 0 Å². The van der Waals surface area contributed by atoms with Crippen molar-refractivity contribution in [3.8, 4) is 23.3 Å². The average molecular weight is 278 g/mol. The fraction of sp³-hybridized carbons (Fsp3) is 0.158. The van der Waals surface area contributed by atoms with Crippen LogP contribution in [0.15, 0.2) is 54.6 Å². The Morgan fingerprint density at radius 2 is 1.38 bits per heavy atom. The molecule has 0 aromatic heterocycles. The Labute approximate surface area is 126 Å². The number of methoxy groups -OCH3 is 2. The molecule has 0 saturated heterocycles. The molecule has 2 aromatic carbocycles. The van der Waals surface area contributed by atoms with Crippen LogP contribution in [0.3, 0.4) is 0 Å². The summed E-state index contributed by atoms with van der Waals surface area (Å²) in [6.45, 7) is 2.05. The van der Waals surface area contributed by atoms with Crippen LogP contribution in [0, 0.1) is 11.8 Å². The van der Waals surface area contributed by atoms with Crippen molar-refractivity contribution in [2.75, 3.05) is 14.2 Å². The third-order valence-corrected chi connectivity index (χ3v) is 3.14. The number of rotatable bonds is 3. The molecule has 2 aromatic rings. The molecule has 0 saturated carbocycles. The molecule has 0 amide bonds. The predicted octanol–water partition coefficient (Wildman–Crippen LogP) is 4.16. The number of ether oxygens (including phenoxy) is 2. The van der Waals surface area contributed by atoms with E-state index < -0.39 is 0 Å². The number of allylic oxidation sites excluding steroid dienone is 2. The van der Waals surface area contributed by atoms with Crippen molar-refractivity contribution in [2.45, 2.75) is 6.92 Å². The maximum Gasteiger partial charge on any atom is 0.118 e. The van der Waals surface area contributed by atoms with E-state index in [9.17, 15) is 0 Å². The molecule has 0 aliphatic rings. The van der Waals surface area contributed by atoms with Gasteiger partial charge in [-0.15, -0.1) is 0 Å². The van der Waals surface area contributed by atoms with Gasteiger partial charge in [0.1, 0.15) is 11.5 Å². The average Bonchev–Trinajstić information content (AvgIpc) is 2.55. The smallest absolute Gasteiger partial charge is 0.118 e. The second-order valence-electron chi connectivity index (χ2n) is 4.55. The maximum atomic E-state index is 5.15. The van der Waals surface area contributed by atoms with Gasteiger partial charge in [-0.25, -0.2) is 0 Å². The van der Waals surface area contributed by atoms with E-state index in [1.54, 1.807) is 14.2 Å². The molecule has 0 atom stereocenters. The summed E-state index contributed by atoms with van der Waals surface area (Å²) in [6.07, 6.45) is 1.92. The quantitative estimate of drug-likeness (QED) is 0.785. The van der Waals surface area contributed by atoms with Gasteiger partial charge in [-0.2, -0.15) is 0 Å². The molecule has 0 fully saturated rings. The summed E-state index contributed by atoms with van der Waals surface area (Å²) >= 11 is 0. The molecule has 0 heterocycles. The van der Waals surface area contributed by atoms with E-state index in [2.05, 4.69) is 11.8 Å². The van der Waals surface area contributed by atoms with Crippen molar-refractivity contribution in [3.05, 3.63) is 65.7 Å². The van der Waals surface area contributed by atoms with E-state index in [1.165, 1.54) is 0 Å². The lowest BCUT2D eigenvalue weighted by Crippen LogP contribution is -1.83. The van der Waals surface area contributed by atoms with Crippen LogP contribution >= 0.6 is 0 Å². The fourth-order valence-corrected chi connectivity index (χ4v) is 1.84. The molecule has 0 spiro atoms. The van der Waals surface area contributed by atoms with E-state index in [-0.39, 0.29) is 0 Å². The zero-order valence-corrected chi connectivity index (χ0v) is 12.5. The number of hydrogen-bond acceptors (Lipinski definition) is 2. The van der Waals surface area contributed by atoms with Gasteiger partial charge in [0.05, 0.1) is 14.2 Å². The molecule has 0 N–H and O–H groups in total. The first kappa shape index (κ1) is 14.7. The predicted molar refractivity (Wildman–Crippen MR) is 86.5 cm³/mol. The lowest BCUT2D eigenvalue weighted by molar-refractivity contribution is 0.414. The second kappa shape index (κ2) is 7.21. The molecule has 2 heteroatoms. The lowest BCUT2D eigenvalue weighted by atomic mass is 10.1. The minimum atomic E-state index is 0.838. The second-order valence-corrected chi connectivity index (χ2v) is 4.55. The molecule has 106 valence electrons. The van der Waals surface area contributed by atoms with Gasteiger partial charge in [-0.1, -0.05) is 24.0 Å². The van der Waals surface area contributed by atoms with Crippen molar-refractivity contribution >= 4 is 5.57 Å². The summed E-state index contributed by atoms with van der Waals surface area (Å²) in [4.78, 5) is 0. The molecule has 0 aliphatic heterocycles. The summed E-state index contributed by atoms with van der Waals surface area (Å²) < 4.78 is 10.3. The fourth-order valence-electron chi connectivity index (χ4n) is 1.84. The molecule has 2 rings (SSSR count). The Balaban J connectivity index is 2.10. The topological polar surface area (TPSA) is 18.5 Å². The molecule has 0 aliphatic carbocycles. The van der Waals surface area contributed by atoms with Crippen molar-refractivity contribution in [2.24, 2.45) is 0 Å². The summed E-state index contributed by atoms with van der Waals surface area (Å²) in [6, 6.07) is 15.7. The minimum absolute atomic E-state index is 0.838. The standard InChI is InChI=1S/C19H18O2/c1-15(17-9-13-19(21-3)14-10-17)5-4-6-16-7-11-18(20-2)12-8-16/h5,7-14H,1-3H3/b15-5-. The van der Waals surface area contributed by atoms with Gasteiger partial charge in [-0.05, 0) is 60.5 Å². The van der Waals surface area contributed by atoms with E-state index in [1.807, 2.05) is 61.5 Å². The molecule has 21 heavy (non-hydrogen) atoms. The Kier molecular flexibility index (Phi) is 5.06. The summed E-state index contributed by atoms with van der Waals surface area (Å²) in [5, 5.41) is 0. The number of benzene rings is 2. The largest absolute Gasteiger partial charge is 0.497 e. The van der Waals surface area contributed by atoms with Crippen molar-refractivity contribution < 1.29 is 9.47 Å². The number of hydrogen-bond donors (Lipinski definition) is 0. The van der Waals surface area contributed by atoms with Crippen LogP contribution in [-0.2, 0) is 0 Å². The maximum absolute atomic E-state index is 5.15. The zero-order valence-electron chi connectivity index (χ0n) is 12.5. The van der Waals surface area contributed by atoms with Crippen molar-refractivity contribution in [1.29, 1.82) is 0 Å². The molecule has 0 unspecified atom stereocenters. The third kappa shape index (κ3) is 4.15. The van der Waals surface area contributed by atoms with Gasteiger partial charge in [-0.3, -0.25) is 0 Å². The van der Waals surface area contributed by atoms with Crippen LogP contribution in [0.4, 0.5) is 0 Å². The van der Waals surface area contributed by atoms with Crippen molar-refractivity contribution in [3.63, 3.8) is 0 Å². The molecular formula is C19H18O2. The normalized spacial score (nSPS) is 10.5. The molecule has 0 radical (unpaired) electrons. The Bertz CT molecular complexity index is 668. The Morgan fingerprint density at radius 1 is 0.857 bits per heavy atom. The van der Waals surface area contributed by atoms with E-state index >= 15 is 0 Å². The zero-order chi connectivity index (χ0) is 15.1. The highest BCUT2D eigenvalue weighted by Gasteiger charge is 1.95. The Morgan fingerprint density at radius 3 is 1.90 bits per heavy atom. The van der Waals surface area contributed by atoms with E-state index in [4.69, 9.17) is 9.47 Å². The van der Waals surface area contributed by atoms with Crippen LogP contribution in [-0.4, -0.2) is 14.2 Å². The van der Waals surface area contributed by atoms with Crippen LogP contribution in [0.5, 0.6) is 11.5 Å². The van der Waals surface area contributed by atoms with Crippen LogP contribution < -0.4 is 9.47 Å². The first-order valence-corrected chi connectivity index (χ1v) is 6.69. The van der Waals surface area contributed by atoms with Crippen LogP contribution in [0.25, 0.3) is 5.57 Å². The lowest BCUT2D eigenvalue weighted by Gasteiger charge is -2.02. The SMILES string of the molecule is COc1ccc(C#C/C=C(/C)c2ccc(OC)cc2)cc1. The highest BCUT2D eigenvalue weighted by atomic mass is 16.5. The van der Waals surface area contributed by atoms with Crippen LogP contribution in [0.1, 0.15) is 18.1 Å². The van der Waals surface area contributed by atoms with Crippen molar-refractivity contribution in [1.82, 2.24) is 0 Å². The Hall–Kier alpha value is -2.66. The first-order chi connectivity index (χ1) is 10.2. The van der Waals surface area contributed by atoms with Crippen LogP contribution in [0.2, 0.25) is 0 Å². The van der Waals surface area contributed by atoms with Gasteiger partial charge < -0.3 is 9.47 Å². The van der Waals surface area contributed by atoms with E-state index in [0.717, 1.165) is 28.2 Å². The first-order valence-electron chi connectivity index (χ1n) is 6.69. The highest BCUT2D eigenvalue weighted by molar-refractivity contribution is 5.67. The minimum Gasteiger partial charge on any atom is -0.497 e. The van der Waals surface area contributed by atoms with Gasteiger partial charge in [0.15, 0.2) is 0 Å². The highest BCUT2D eigenvalue weighted by Crippen LogP contribution is 2.17.